The summed E-state index contributed by atoms with van der Waals surface area (Å²) >= 11 is 1.31. The summed E-state index contributed by atoms with van der Waals surface area (Å²) in [5.74, 6) is 0.0695. The molecule has 0 saturated heterocycles. The van der Waals surface area contributed by atoms with Crippen LogP contribution in [-0.4, -0.2) is 25.8 Å². The van der Waals surface area contributed by atoms with E-state index in [0.717, 1.165) is 12.0 Å². The number of aromatic amines is 1. The summed E-state index contributed by atoms with van der Waals surface area (Å²) in [6.45, 7) is 3.90. The van der Waals surface area contributed by atoms with Gasteiger partial charge in [-0.2, -0.15) is 0 Å². The second-order valence-corrected chi connectivity index (χ2v) is 5.88. The zero-order valence-electron chi connectivity index (χ0n) is 11.5. The second-order valence-electron chi connectivity index (χ2n) is 4.57. The molecule has 1 atom stereocenters. The maximum absolute atomic E-state index is 11.8. The average Bonchev–Trinajstić information content (AvgIpc) is 2.78. The second kappa shape index (κ2) is 6.56. The Morgan fingerprint density at radius 1 is 1.40 bits per heavy atom. The minimum absolute atomic E-state index is 0.0695. The van der Waals surface area contributed by atoms with Gasteiger partial charge in [-0.15, -0.1) is 5.10 Å². The summed E-state index contributed by atoms with van der Waals surface area (Å²) in [4.78, 5) is 23.1. The van der Waals surface area contributed by atoms with Crippen LogP contribution in [0.1, 0.15) is 19.4 Å². The van der Waals surface area contributed by atoms with Crippen LogP contribution in [0.5, 0.6) is 0 Å². The largest absolute Gasteiger partial charge is 0.343 e. The van der Waals surface area contributed by atoms with Crippen molar-refractivity contribution in [2.45, 2.75) is 37.2 Å². The number of rotatable bonds is 6. The monoisotopic (exact) mass is 291 g/mol. The van der Waals surface area contributed by atoms with E-state index in [9.17, 15) is 9.59 Å². The predicted octanol–water partition coefficient (Wildman–Crippen LogP) is 1.88. The number of hydrogen-bond donors (Lipinski definition) is 1. The average molecular weight is 291 g/mol. The number of hydrogen-bond acceptors (Lipinski definition) is 4. The van der Waals surface area contributed by atoms with Crippen molar-refractivity contribution in [3.63, 3.8) is 0 Å². The molecule has 0 bridgehead atoms. The first-order chi connectivity index (χ1) is 9.58. The normalized spacial score (nSPS) is 12.3. The summed E-state index contributed by atoms with van der Waals surface area (Å²) < 4.78 is 1.58. The Hall–Kier alpha value is -1.82. The van der Waals surface area contributed by atoms with Crippen molar-refractivity contribution in [3.8, 4) is 0 Å². The maximum Gasteiger partial charge on any atom is 0.343 e. The summed E-state index contributed by atoms with van der Waals surface area (Å²) in [5.41, 5.74) is 0.926. The first kappa shape index (κ1) is 14.6. The topological polar surface area (TPSA) is 67.8 Å². The van der Waals surface area contributed by atoms with Gasteiger partial charge in [0.05, 0.1) is 5.25 Å². The molecule has 0 radical (unpaired) electrons. The van der Waals surface area contributed by atoms with Gasteiger partial charge in [-0.05, 0) is 25.8 Å². The highest BCUT2D eigenvalue weighted by Crippen LogP contribution is 2.20. The van der Waals surface area contributed by atoms with E-state index >= 15 is 0 Å². The Morgan fingerprint density at radius 2 is 2.10 bits per heavy atom. The van der Waals surface area contributed by atoms with Crippen LogP contribution in [0.15, 0.2) is 40.3 Å². The number of ketones is 1. The molecule has 1 heterocycles. The number of benzene rings is 1. The van der Waals surface area contributed by atoms with Gasteiger partial charge >= 0.3 is 5.69 Å². The molecular formula is C14H17N3O2S. The van der Waals surface area contributed by atoms with Gasteiger partial charge in [0.2, 0.25) is 0 Å². The molecule has 0 saturated carbocycles. The molecule has 0 aliphatic carbocycles. The molecule has 2 aromatic rings. The minimum atomic E-state index is -0.237. The fraction of sp³-hybridized carbons (Fsp3) is 0.357. The lowest BCUT2D eigenvalue weighted by atomic mass is 10.1. The molecule has 0 unspecified atom stereocenters. The summed E-state index contributed by atoms with van der Waals surface area (Å²) in [7, 11) is 0. The number of nitrogens with one attached hydrogen (secondary N) is 1. The first-order valence-corrected chi connectivity index (χ1v) is 7.32. The van der Waals surface area contributed by atoms with Crippen molar-refractivity contribution >= 4 is 17.5 Å². The minimum Gasteiger partial charge on any atom is -0.299 e. The molecule has 1 aromatic carbocycles. The number of nitrogens with zero attached hydrogens (tertiary/aromatic N) is 2. The van der Waals surface area contributed by atoms with Crippen molar-refractivity contribution < 1.29 is 4.79 Å². The number of aromatic nitrogens is 3. The molecule has 0 aliphatic rings. The van der Waals surface area contributed by atoms with Crippen molar-refractivity contribution in [1.82, 2.24) is 14.8 Å². The third-order valence-electron chi connectivity index (χ3n) is 3.04. The van der Waals surface area contributed by atoms with Crippen LogP contribution in [0.4, 0.5) is 0 Å². The van der Waals surface area contributed by atoms with Crippen molar-refractivity contribution in [3.05, 3.63) is 46.4 Å². The fourth-order valence-electron chi connectivity index (χ4n) is 1.72. The van der Waals surface area contributed by atoms with Gasteiger partial charge in [0.25, 0.3) is 0 Å². The highest BCUT2D eigenvalue weighted by atomic mass is 32.2. The van der Waals surface area contributed by atoms with E-state index in [-0.39, 0.29) is 16.7 Å². The van der Waals surface area contributed by atoms with Gasteiger partial charge in [0.1, 0.15) is 5.78 Å². The Morgan fingerprint density at radius 3 is 2.75 bits per heavy atom. The molecule has 0 aliphatic heterocycles. The number of Topliss-reactive ketones (excluding diaryl/α,β-unsaturated/α-hetero) is 1. The van der Waals surface area contributed by atoms with Gasteiger partial charge in [-0.1, -0.05) is 42.1 Å². The third kappa shape index (κ3) is 3.60. The fourth-order valence-corrected chi connectivity index (χ4v) is 2.60. The number of carbonyl (C=O) groups excluding carboxylic acids is 1. The van der Waals surface area contributed by atoms with Crippen LogP contribution >= 0.6 is 11.8 Å². The predicted molar refractivity (Wildman–Crippen MR) is 79.0 cm³/mol. The molecule has 6 heteroatoms. The standard InChI is InChI=1S/C14H17N3O2S/c1-10(18)11(2)20-14-16-15-13(19)17(14)9-8-12-6-4-3-5-7-12/h3-7,11H,8-9H2,1-2H3,(H,15,19)/t11-/m1/s1. The molecule has 0 spiro atoms. The van der Waals surface area contributed by atoms with Crippen LogP contribution in [0.2, 0.25) is 0 Å². The molecule has 5 nitrogen and oxygen atoms in total. The quantitative estimate of drug-likeness (QED) is 0.825. The van der Waals surface area contributed by atoms with Crippen LogP contribution in [-0.2, 0) is 17.8 Å². The Labute approximate surface area is 121 Å². The van der Waals surface area contributed by atoms with E-state index < -0.39 is 0 Å². The Bertz CT molecular complexity index is 633. The summed E-state index contributed by atoms with van der Waals surface area (Å²) in [5, 5.41) is 6.79. The lowest BCUT2D eigenvalue weighted by molar-refractivity contribution is -0.116. The zero-order chi connectivity index (χ0) is 14.5. The summed E-state index contributed by atoms with van der Waals surface area (Å²) in [6.07, 6.45) is 0.752. The number of carbonyl (C=O) groups is 1. The van der Waals surface area contributed by atoms with Gasteiger partial charge in [0, 0.05) is 6.54 Å². The molecule has 0 amide bonds. The van der Waals surface area contributed by atoms with Gasteiger partial charge < -0.3 is 0 Å². The highest BCUT2D eigenvalue weighted by Gasteiger charge is 2.15. The van der Waals surface area contributed by atoms with Crippen molar-refractivity contribution in [2.75, 3.05) is 0 Å². The molecule has 106 valence electrons. The van der Waals surface area contributed by atoms with Crippen LogP contribution in [0.25, 0.3) is 0 Å². The van der Waals surface area contributed by atoms with Crippen LogP contribution in [0, 0.1) is 0 Å². The van der Waals surface area contributed by atoms with E-state index in [2.05, 4.69) is 10.2 Å². The molecule has 1 aromatic heterocycles. The Kier molecular flexibility index (Phi) is 4.79. The van der Waals surface area contributed by atoms with Gasteiger partial charge in [-0.3, -0.25) is 9.36 Å². The van der Waals surface area contributed by atoms with E-state index in [1.165, 1.54) is 18.7 Å². The molecular weight excluding hydrogens is 274 g/mol. The molecule has 0 fully saturated rings. The zero-order valence-corrected chi connectivity index (χ0v) is 12.3. The third-order valence-corrected chi connectivity index (χ3v) is 4.25. The van der Waals surface area contributed by atoms with Crippen molar-refractivity contribution in [1.29, 1.82) is 0 Å². The number of thioether (sulfide) groups is 1. The van der Waals surface area contributed by atoms with Gasteiger partial charge in [-0.25, -0.2) is 9.89 Å². The molecule has 1 N–H and O–H groups in total. The van der Waals surface area contributed by atoms with Crippen LogP contribution < -0.4 is 5.69 Å². The van der Waals surface area contributed by atoms with E-state index in [0.29, 0.717) is 11.7 Å². The Balaban J connectivity index is 2.09. The number of H-pyrrole nitrogens is 1. The highest BCUT2D eigenvalue weighted by molar-refractivity contribution is 8.00. The molecule has 2 rings (SSSR count). The van der Waals surface area contributed by atoms with Crippen LogP contribution in [0.3, 0.4) is 0 Å². The molecule has 20 heavy (non-hydrogen) atoms. The number of aryl methyl sites for hydroxylation is 1. The van der Waals surface area contributed by atoms with E-state index in [4.69, 9.17) is 0 Å². The lowest BCUT2D eigenvalue weighted by Crippen LogP contribution is -2.20. The first-order valence-electron chi connectivity index (χ1n) is 6.44. The smallest absolute Gasteiger partial charge is 0.299 e. The summed E-state index contributed by atoms with van der Waals surface area (Å²) in [6, 6.07) is 9.96. The maximum atomic E-state index is 11.8. The van der Waals surface area contributed by atoms with Gasteiger partial charge in [0.15, 0.2) is 5.16 Å². The van der Waals surface area contributed by atoms with E-state index in [1.807, 2.05) is 37.3 Å². The van der Waals surface area contributed by atoms with E-state index in [1.54, 1.807) is 4.57 Å². The SMILES string of the molecule is CC(=O)[C@@H](C)Sc1n[nH]c(=O)n1CCc1ccccc1. The lowest BCUT2D eigenvalue weighted by Gasteiger charge is -2.08. The van der Waals surface area contributed by atoms with Crippen molar-refractivity contribution in [2.24, 2.45) is 0 Å².